The molecule has 0 fully saturated rings. The number of rotatable bonds is 4. The average molecular weight is 381 g/mol. The first-order valence-electron chi connectivity index (χ1n) is 8.24. The molecular formula is C18H18ClFN2O4. The van der Waals surface area contributed by atoms with E-state index in [1.165, 1.54) is 11.0 Å². The van der Waals surface area contributed by atoms with Crippen LogP contribution in [0.3, 0.4) is 0 Å². The number of benzene rings is 1. The molecule has 2 aliphatic rings. The molecule has 0 aromatic heterocycles. The van der Waals surface area contributed by atoms with Crippen LogP contribution in [0.1, 0.15) is 25.7 Å². The van der Waals surface area contributed by atoms with E-state index >= 15 is 0 Å². The van der Waals surface area contributed by atoms with Gasteiger partial charge in [-0.3, -0.25) is 14.4 Å². The Kier molecular flexibility index (Phi) is 5.00. The fraction of sp³-hybridized carbons (Fsp3) is 0.389. The van der Waals surface area contributed by atoms with E-state index in [9.17, 15) is 18.8 Å². The number of hydrogen-bond donors (Lipinski definition) is 0. The number of likely N-dealkylation sites (N-methyl/N-ethyl adjacent to an activating group) is 1. The number of imide groups is 1. The predicted octanol–water partition coefficient (Wildman–Crippen LogP) is 2.69. The smallest absolute Gasteiger partial charge is 0.261 e. The standard InChI is InChI=1S/C18H18ClFN2O4/c1-21(2)16(23)9-26-15-8-14(13(20)7-12(15)19)22-17(24)10-5-3-4-6-11(10)18(22)25/h7-8H,3-6,9H2,1-2H3. The van der Waals surface area contributed by atoms with Gasteiger partial charge >= 0.3 is 0 Å². The number of amides is 3. The molecule has 0 saturated carbocycles. The van der Waals surface area contributed by atoms with Gasteiger partial charge in [0.1, 0.15) is 11.6 Å². The van der Waals surface area contributed by atoms with Crippen molar-refractivity contribution in [2.45, 2.75) is 25.7 Å². The van der Waals surface area contributed by atoms with Gasteiger partial charge in [0.25, 0.3) is 17.7 Å². The molecule has 3 amide bonds. The van der Waals surface area contributed by atoms with Gasteiger partial charge in [0.2, 0.25) is 0 Å². The van der Waals surface area contributed by atoms with E-state index in [0.29, 0.717) is 24.0 Å². The molecule has 0 spiro atoms. The second-order valence-corrected chi connectivity index (χ2v) is 6.83. The van der Waals surface area contributed by atoms with Crippen LogP contribution in [-0.2, 0) is 14.4 Å². The second-order valence-electron chi connectivity index (χ2n) is 6.42. The summed E-state index contributed by atoms with van der Waals surface area (Å²) in [6, 6.07) is 2.17. The van der Waals surface area contributed by atoms with E-state index in [1.807, 2.05) is 0 Å². The largest absolute Gasteiger partial charge is 0.482 e. The van der Waals surface area contributed by atoms with Gasteiger partial charge in [-0.1, -0.05) is 11.6 Å². The summed E-state index contributed by atoms with van der Waals surface area (Å²) in [6.07, 6.45) is 2.70. The van der Waals surface area contributed by atoms with Gasteiger partial charge in [-0.2, -0.15) is 0 Å². The molecule has 1 heterocycles. The zero-order valence-electron chi connectivity index (χ0n) is 14.5. The van der Waals surface area contributed by atoms with Gasteiger partial charge in [0.05, 0.1) is 10.7 Å². The van der Waals surface area contributed by atoms with E-state index in [0.717, 1.165) is 23.8 Å². The predicted molar refractivity (Wildman–Crippen MR) is 93.6 cm³/mol. The molecule has 1 aliphatic carbocycles. The minimum Gasteiger partial charge on any atom is -0.482 e. The number of anilines is 1. The van der Waals surface area contributed by atoms with Crippen LogP contribution in [0.4, 0.5) is 10.1 Å². The number of carbonyl (C=O) groups excluding carboxylic acids is 3. The maximum absolute atomic E-state index is 14.5. The molecule has 0 bridgehead atoms. The van der Waals surface area contributed by atoms with E-state index in [-0.39, 0.29) is 29.0 Å². The monoisotopic (exact) mass is 380 g/mol. The summed E-state index contributed by atoms with van der Waals surface area (Å²) in [5.41, 5.74) is 0.702. The second kappa shape index (κ2) is 7.07. The van der Waals surface area contributed by atoms with Crippen LogP contribution in [0.25, 0.3) is 0 Å². The summed E-state index contributed by atoms with van der Waals surface area (Å²) in [5.74, 6) is -2.08. The van der Waals surface area contributed by atoms with Crippen molar-refractivity contribution in [3.05, 3.63) is 34.1 Å². The molecule has 1 aliphatic heterocycles. The van der Waals surface area contributed by atoms with Crippen LogP contribution in [0, 0.1) is 5.82 Å². The quantitative estimate of drug-likeness (QED) is 0.753. The summed E-state index contributed by atoms with van der Waals surface area (Å²) < 4.78 is 19.8. The first-order valence-corrected chi connectivity index (χ1v) is 8.62. The highest BCUT2D eigenvalue weighted by Crippen LogP contribution is 2.39. The lowest BCUT2D eigenvalue weighted by atomic mass is 9.93. The van der Waals surface area contributed by atoms with Gasteiger partial charge in [-0.05, 0) is 31.7 Å². The molecule has 0 radical (unpaired) electrons. The molecule has 0 N–H and O–H groups in total. The normalized spacial score (nSPS) is 16.8. The van der Waals surface area contributed by atoms with Crippen molar-refractivity contribution in [3.63, 3.8) is 0 Å². The molecule has 0 unspecified atom stereocenters. The number of ether oxygens (including phenoxy) is 1. The molecular weight excluding hydrogens is 363 g/mol. The molecule has 0 atom stereocenters. The lowest BCUT2D eigenvalue weighted by Crippen LogP contribution is -2.32. The molecule has 26 heavy (non-hydrogen) atoms. The van der Waals surface area contributed by atoms with Crippen LogP contribution < -0.4 is 9.64 Å². The Morgan fingerprint density at radius 1 is 1.19 bits per heavy atom. The fourth-order valence-electron chi connectivity index (χ4n) is 3.03. The number of hydrogen-bond acceptors (Lipinski definition) is 4. The van der Waals surface area contributed by atoms with Crippen molar-refractivity contribution in [2.75, 3.05) is 25.6 Å². The zero-order chi connectivity index (χ0) is 19.0. The Morgan fingerprint density at radius 3 is 2.31 bits per heavy atom. The average Bonchev–Trinajstić information content (AvgIpc) is 2.85. The van der Waals surface area contributed by atoms with E-state index in [4.69, 9.17) is 16.3 Å². The Bertz CT molecular complexity index is 807. The number of nitrogens with zero attached hydrogens (tertiary/aromatic N) is 2. The van der Waals surface area contributed by atoms with Gasteiger partial charge in [-0.25, -0.2) is 9.29 Å². The first-order chi connectivity index (χ1) is 12.3. The van der Waals surface area contributed by atoms with Crippen LogP contribution >= 0.6 is 11.6 Å². The van der Waals surface area contributed by atoms with Gasteiger partial charge < -0.3 is 9.64 Å². The molecule has 3 rings (SSSR count). The van der Waals surface area contributed by atoms with E-state index < -0.39 is 17.6 Å². The lowest BCUT2D eigenvalue weighted by molar-refractivity contribution is -0.130. The van der Waals surface area contributed by atoms with Gasteiger partial charge in [-0.15, -0.1) is 0 Å². The minimum absolute atomic E-state index is 0.0312. The summed E-state index contributed by atoms with van der Waals surface area (Å²) in [5, 5.41) is -0.0466. The zero-order valence-corrected chi connectivity index (χ0v) is 15.2. The number of carbonyl (C=O) groups is 3. The molecule has 138 valence electrons. The molecule has 1 aromatic rings. The van der Waals surface area contributed by atoms with Crippen molar-refractivity contribution in [3.8, 4) is 5.75 Å². The topological polar surface area (TPSA) is 66.9 Å². The Balaban J connectivity index is 1.91. The maximum Gasteiger partial charge on any atom is 0.261 e. The van der Waals surface area contributed by atoms with Crippen LogP contribution in [0.5, 0.6) is 5.75 Å². The third-order valence-electron chi connectivity index (χ3n) is 4.48. The molecule has 1 aromatic carbocycles. The fourth-order valence-corrected chi connectivity index (χ4v) is 3.23. The van der Waals surface area contributed by atoms with Crippen molar-refractivity contribution in [1.29, 1.82) is 0 Å². The number of halogens is 2. The van der Waals surface area contributed by atoms with Crippen molar-refractivity contribution in [2.24, 2.45) is 0 Å². The Morgan fingerprint density at radius 2 is 1.77 bits per heavy atom. The molecule has 0 saturated heterocycles. The SMILES string of the molecule is CN(C)C(=O)COc1cc(N2C(=O)C3=C(CCCC3)C2=O)c(F)cc1Cl. The van der Waals surface area contributed by atoms with Crippen molar-refractivity contribution in [1.82, 2.24) is 4.90 Å². The highest BCUT2D eigenvalue weighted by molar-refractivity contribution is 6.34. The minimum atomic E-state index is -0.803. The van der Waals surface area contributed by atoms with Crippen LogP contribution in [-0.4, -0.2) is 43.3 Å². The van der Waals surface area contributed by atoms with Crippen molar-refractivity contribution >= 4 is 35.0 Å². The first kappa shape index (κ1) is 18.4. The highest BCUT2D eigenvalue weighted by Gasteiger charge is 2.41. The third kappa shape index (κ3) is 3.19. The summed E-state index contributed by atoms with van der Waals surface area (Å²) in [4.78, 5) is 39.0. The van der Waals surface area contributed by atoms with E-state index in [1.54, 1.807) is 14.1 Å². The summed E-state index contributed by atoms with van der Waals surface area (Å²) in [6.45, 7) is -0.297. The Labute approximate surface area is 155 Å². The van der Waals surface area contributed by atoms with Gasteiger partial charge in [0, 0.05) is 31.3 Å². The Hall–Kier alpha value is -2.41. The van der Waals surface area contributed by atoms with Gasteiger partial charge in [0.15, 0.2) is 6.61 Å². The van der Waals surface area contributed by atoms with Crippen LogP contribution in [0.2, 0.25) is 5.02 Å². The lowest BCUT2D eigenvalue weighted by Gasteiger charge is -2.18. The molecule has 8 heteroatoms. The third-order valence-corrected chi connectivity index (χ3v) is 4.78. The van der Waals surface area contributed by atoms with Crippen molar-refractivity contribution < 1.29 is 23.5 Å². The molecule has 6 nitrogen and oxygen atoms in total. The highest BCUT2D eigenvalue weighted by atomic mass is 35.5. The van der Waals surface area contributed by atoms with E-state index in [2.05, 4.69) is 0 Å². The summed E-state index contributed by atoms with van der Waals surface area (Å²) in [7, 11) is 3.14. The van der Waals surface area contributed by atoms with Crippen LogP contribution in [0.15, 0.2) is 23.3 Å². The maximum atomic E-state index is 14.5. The summed E-state index contributed by atoms with van der Waals surface area (Å²) >= 11 is 5.98.